The van der Waals surface area contributed by atoms with Gasteiger partial charge in [0.25, 0.3) is 0 Å². The molecule has 0 spiro atoms. The maximum absolute atomic E-state index is 2.68. The molecule has 26 heavy (non-hydrogen) atoms. The fourth-order valence-electron chi connectivity index (χ4n) is 7.04. The van der Waals surface area contributed by atoms with Crippen LogP contribution in [0.1, 0.15) is 38.5 Å². The second-order valence-electron chi connectivity index (χ2n) is 9.33. The highest BCUT2D eigenvalue weighted by atomic mass is 127. The van der Waals surface area contributed by atoms with Gasteiger partial charge in [-0.1, -0.05) is 0 Å². The van der Waals surface area contributed by atoms with Crippen molar-refractivity contribution in [3.05, 3.63) is 43.5 Å². The molecular formula is C23H23I2N. The Bertz CT molecular complexity index is 937. The van der Waals surface area contributed by atoms with Gasteiger partial charge in [0.05, 0.1) is 0 Å². The van der Waals surface area contributed by atoms with E-state index in [9.17, 15) is 0 Å². The van der Waals surface area contributed by atoms with Crippen LogP contribution in [0.25, 0.3) is 21.8 Å². The van der Waals surface area contributed by atoms with Crippen LogP contribution in [-0.4, -0.2) is 4.57 Å². The van der Waals surface area contributed by atoms with E-state index in [2.05, 4.69) is 86.1 Å². The molecule has 0 aliphatic heterocycles. The third kappa shape index (κ3) is 2.51. The molecule has 1 aromatic heterocycles. The molecule has 4 aliphatic carbocycles. The molecule has 134 valence electrons. The quantitative estimate of drug-likeness (QED) is 0.289. The molecule has 3 aromatic rings. The molecule has 4 bridgehead atoms. The fraction of sp³-hybridized carbons (Fsp3) is 0.478. The van der Waals surface area contributed by atoms with E-state index >= 15 is 0 Å². The topological polar surface area (TPSA) is 4.93 Å². The zero-order chi connectivity index (χ0) is 17.5. The number of halogens is 2. The van der Waals surface area contributed by atoms with Crippen molar-refractivity contribution in [3.63, 3.8) is 0 Å². The molecule has 0 unspecified atom stereocenters. The second-order valence-corrected chi connectivity index (χ2v) is 11.8. The Hall–Kier alpha value is -0.300. The first-order chi connectivity index (χ1) is 12.6. The van der Waals surface area contributed by atoms with Crippen molar-refractivity contribution in [2.75, 3.05) is 0 Å². The highest BCUT2D eigenvalue weighted by Crippen LogP contribution is 2.61. The minimum atomic E-state index is 0.569. The third-order valence-corrected chi connectivity index (χ3v) is 8.79. The molecule has 0 amide bonds. The lowest BCUT2D eigenvalue weighted by atomic mass is 9.49. The summed E-state index contributed by atoms with van der Waals surface area (Å²) in [6, 6.07) is 14.1. The minimum absolute atomic E-state index is 0.569. The number of nitrogens with zero attached hydrogens (tertiary/aromatic N) is 1. The van der Waals surface area contributed by atoms with Crippen molar-refractivity contribution in [2.45, 2.75) is 45.1 Å². The fourth-order valence-corrected chi connectivity index (χ4v) is 8.02. The standard InChI is InChI=1S/C23H23I2N/c24-17-1-3-21-19(8-17)20-9-18(25)2-4-22(20)26(21)13-23-10-14-5-15(11-23)7-16(6-14)12-23/h1-4,8-9,14-16H,5-7,10-13H2. The number of hydrogen-bond acceptors (Lipinski definition) is 0. The summed E-state index contributed by atoms with van der Waals surface area (Å²) in [5.74, 6) is 3.07. The predicted octanol–water partition coefficient (Wildman–Crippen LogP) is 7.22. The summed E-state index contributed by atoms with van der Waals surface area (Å²) < 4.78 is 5.36. The Labute approximate surface area is 182 Å². The molecule has 1 nitrogen and oxygen atoms in total. The summed E-state index contributed by atoms with van der Waals surface area (Å²) in [7, 11) is 0. The highest BCUT2D eigenvalue weighted by molar-refractivity contribution is 14.1. The van der Waals surface area contributed by atoms with E-state index in [0.29, 0.717) is 5.41 Å². The third-order valence-electron chi connectivity index (χ3n) is 7.45. The minimum Gasteiger partial charge on any atom is -0.340 e. The summed E-state index contributed by atoms with van der Waals surface area (Å²) in [6.45, 7) is 1.23. The van der Waals surface area contributed by atoms with Crippen molar-refractivity contribution < 1.29 is 0 Å². The van der Waals surface area contributed by atoms with Gasteiger partial charge in [-0.25, -0.2) is 0 Å². The van der Waals surface area contributed by atoms with E-state index in [1.807, 2.05) is 0 Å². The average Bonchev–Trinajstić information content (AvgIpc) is 2.86. The van der Waals surface area contributed by atoms with Gasteiger partial charge in [0.2, 0.25) is 0 Å². The first-order valence-corrected chi connectivity index (χ1v) is 12.1. The maximum atomic E-state index is 2.68. The Morgan fingerprint density at radius 2 is 1.23 bits per heavy atom. The largest absolute Gasteiger partial charge is 0.340 e. The molecule has 0 N–H and O–H groups in total. The van der Waals surface area contributed by atoms with Crippen LogP contribution in [-0.2, 0) is 6.54 Å². The van der Waals surface area contributed by atoms with Crippen LogP contribution in [0, 0.1) is 30.3 Å². The van der Waals surface area contributed by atoms with Crippen molar-refractivity contribution in [3.8, 4) is 0 Å². The van der Waals surface area contributed by atoms with Crippen LogP contribution in [0.15, 0.2) is 36.4 Å². The lowest BCUT2D eigenvalue weighted by Crippen LogP contribution is -2.47. The van der Waals surface area contributed by atoms with Gasteiger partial charge in [0.15, 0.2) is 0 Å². The van der Waals surface area contributed by atoms with Crippen LogP contribution in [0.4, 0.5) is 0 Å². The predicted molar refractivity (Wildman–Crippen MR) is 125 cm³/mol. The van der Waals surface area contributed by atoms with E-state index in [1.54, 1.807) is 0 Å². The molecule has 4 aliphatic rings. The first-order valence-electron chi connectivity index (χ1n) is 9.96. The molecule has 0 saturated heterocycles. The van der Waals surface area contributed by atoms with E-state index < -0.39 is 0 Å². The molecule has 1 heterocycles. The van der Waals surface area contributed by atoms with Gasteiger partial charge in [-0.15, -0.1) is 0 Å². The molecular weight excluding hydrogens is 544 g/mol. The van der Waals surface area contributed by atoms with Gasteiger partial charge in [0, 0.05) is 35.5 Å². The molecule has 4 saturated carbocycles. The van der Waals surface area contributed by atoms with Gasteiger partial charge < -0.3 is 4.57 Å². The van der Waals surface area contributed by atoms with Gasteiger partial charge in [-0.3, -0.25) is 0 Å². The lowest BCUT2D eigenvalue weighted by molar-refractivity contribution is -0.0607. The zero-order valence-electron chi connectivity index (χ0n) is 14.8. The lowest BCUT2D eigenvalue weighted by Gasteiger charge is -2.57. The van der Waals surface area contributed by atoms with E-state index in [4.69, 9.17) is 0 Å². The normalized spacial score (nSPS) is 32.8. The van der Waals surface area contributed by atoms with Crippen molar-refractivity contribution in [2.24, 2.45) is 23.2 Å². The Balaban J connectivity index is 1.53. The van der Waals surface area contributed by atoms with Crippen molar-refractivity contribution in [1.29, 1.82) is 0 Å². The maximum Gasteiger partial charge on any atom is 0.0492 e. The molecule has 0 atom stereocenters. The van der Waals surface area contributed by atoms with Crippen LogP contribution in [0.2, 0.25) is 0 Å². The summed E-state index contributed by atoms with van der Waals surface area (Å²) in [4.78, 5) is 0. The molecule has 4 fully saturated rings. The van der Waals surface area contributed by atoms with Crippen LogP contribution < -0.4 is 0 Å². The zero-order valence-corrected chi connectivity index (χ0v) is 19.2. The van der Waals surface area contributed by atoms with E-state index in [-0.39, 0.29) is 0 Å². The number of fused-ring (bicyclic) bond motifs is 3. The molecule has 0 radical (unpaired) electrons. The van der Waals surface area contributed by atoms with E-state index in [1.165, 1.54) is 74.0 Å². The summed E-state index contributed by atoms with van der Waals surface area (Å²) >= 11 is 4.91. The summed E-state index contributed by atoms with van der Waals surface area (Å²) in [5, 5.41) is 2.88. The van der Waals surface area contributed by atoms with Gasteiger partial charge >= 0.3 is 0 Å². The number of benzene rings is 2. The second kappa shape index (κ2) is 5.85. The smallest absolute Gasteiger partial charge is 0.0492 e. The van der Waals surface area contributed by atoms with Gasteiger partial charge in [-0.2, -0.15) is 0 Å². The molecule has 3 heteroatoms. The highest BCUT2D eigenvalue weighted by Gasteiger charge is 2.51. The van der Waals surface area contributed by atoms with Crippen molar-refractivity contribution in [1.82, 2.24) is 4.57 Å². The molecule has 7 rings (SSSR count). The average molecular weight is 567 g/mol. The first kappa shape index (κ1) is 16.6. The van der Waals surface area contributed by atoms with Gasteiger partial charge in [0.1, 0.15) is 0 Å². The Kier molecular flexibility index (Phi) is 3.74. The van der Waals surface area contributed by atoms with Gasteiger partial charge in [-0.05, 0) is 143 Å². The SMILES string of the molecule is Ic1ccc2c(c1)c1cc(I)ccc1n2CC12CC3CC(CC(C3)C1)C2. The Morgan fingerprint density at radius 3 is 1.69 bits per heavy atom. The van der Waals surface area contributed by atoms with Crippen LogP contribution in [0.3, 0.4) is 0 Å². The summed E-state index contributed by atoms with van der Waals surface area (Å²) in [5.41, 5.74) is 3.45. The monoisotopic (exact) mass is 567 g/mol. The Morgan fingerprint density at radius 1 is 0.769 bits per heavy atom. The number of rotatable bonds is 2. The number of hydrogen-bond donors (Lipinski definition) is 0. The number of aromatic nitrogens is 1. The summed E-state index contributed by atoms with van der Waals surface area (Å²) in [6.07, 6.45) is 9.03. The van der Waals surface area contributed by atoms with E-state index in [0.717, 1.165) is 17.8 Å². The molecule has 2 aromatic carbocycles. The van der Waals surface area contributed by atoms with Crippen LogP contribution in [0.5, 0.6) is 0 Å². The van der Waals surface area contributed by atoms with Crippen molar-refractivity contribution >= 4 is 67.0 Å². The van der Waals surface area contributed by atoms with Crippen LogP contribution >= 0.6 is 45.2 Å².